The van der Waals surface area contributed by atoms with E-state index in [2.05, 4.69) is 10.2 Å². The van der Waals surface area contributed by atoms with Crippen molar-refractivity contribution in [1.82, 2.24) is 20.0 Å². The second-order valence-corrected chi connectivity index (χ2v) is 7.35. The summed E-state index contributed by atoms with van der Waals surface area (Å²) in [5, 5.41) is 2.97. The number of piperidine rings is 2. The Morgan fingerprint density at radius 2 is 1.79 bits per heavy atom. The van der Waals surface area contributed by atoms with Gasteiger partial charge in [-0.1, -0.05) is 6.92 Å². The summed E-state index contributed by atoms with van der Waals surface area (Å²) in [6.07, 6.45) is 4.15. The van der Waals surface area contributed by atoms with Crippen LogP contribution in [0.5, 0.6) is 0 Å². The third-order valence-corrected chi connectivity index (χ3v) is 5.68. The number of likely N-dealkylation sites (tertiary alicyclic amines) is 2. The number of urea groups is 1. The summed E-state index contributed by atoms with van der Waals surface area (Å²) < 4.78 is 0. The Labute approximate surface area is 143 Å². The lowest BCUT2D eigenvalue weighted by Crippen LogP contribution is -2.55. The molecule has 0 unspecified atom stereocenters. The van der Waals surface area contributed by atoms with Crippen molar-refractivity contribution in [3.05, 3.63) is 0 Å². The molecular formula is C17H28N4O3. The molecule has 24 heavy (non-hydrogen) atoms. The van der Waals surface area contributed by atoms with Gasteiger partial charge in [-0.2, -0.15) is 0 Å². The molecule has 0 aromatic carbocycles. The van der Waals surface area contributed by atoms with Gasteiger partial charge in [-0.15, -0.1) is 0 Å². The third kappa shape index (κ3) is 3.01. The fourth-order valence-electron chi connectivity index (χ4n) is 4.06. The van der Waals surface area contributed by atoms with Gasteiger partial charge in [0.1, 0.15) is 5.54 Å². The van der Waals surface area contributed by atoms with Crippen molar-refractivity contribution < 1.29 is 14.4 Å². The van der Waals surface area contributed by atoms with E-state index in [-0.39, 0.29) is 23.9 Å². The standard InChI is InChI=1S/C17H28N4O3/c1-3-4-14(22)20-9-5-13(6-10-20)21-15(23)17(18-16(21)24)7-11-19(2)12-8-17/h13H,3-12H2,1-2H3,(H,18,24). The first-order valence-electron chi connectivity index (χ1n) is 9.09. The van der Waals surface area contributed by atoms with Crippen LogP contribution in [-0.4, -0.2) is 77.4 Å². The van der Waals surface area contributed by atoms with Gasteiger partial charge in [0, 0.05) is 38.6 Å². The summed E-state index contributed by atoms with van der Waals surface area (Å²) in [6.45, 7) is 4.92. The molecule has 0 bridgehead atoms. The smallest absolute Gasteiger partial charge is 0.325 e. The maximum atomic E-state index is 13.0. The van der Waals surface area contributed by atoms with E-state index in [1.165, 1.54) is 4.90 Å². The Morgan fingerprint density at radius 3 is 2.38 bits per heavy atom. The van der Waals surface area contributed by atoms with Crippen molar-refractivity contribution in [2.75, 3.05) is 33.2 Å². The highest BCUT2D eigenvalue weighted by molar-refractivity contribution is 6.07. The van der Waals surface area contributed by atoms with Gasteiger partial charge in [0.05, 0.1) is 0 Å². The van der Waals surface area contributed by atoms with Crippen molar-refractivity contribution in [3.8, 4) is 0 Å². The van der Waals surface area contributed by atoms with Crippen LogP contribution in [0.15, 0.2) is 0 Å². The number of carbonyl (C=O) groups is 3. The Bertz CT molecular complexity index is 520. The highest BCUT2D eigenvalue weighted by atomic mass is 16.2. The lowest BCUT2D eigenvalue weighted by Gasteiger charge is -2.37. The molecule has 0 aliphatic carbocycles. The average Bonchev–Trinajstić information content (AvgIpc) is 2.81. The van der Waals surface area contributed by atoms with E-state index in [1.807, 2.05) is 18.9 Å². The summed E-state index contributed by atoms with van der Waals surface area (Å²) in [5.74, 6) is 0.124. The van der Waals surface area contributed by atoms with E-state index in [4.69, 9.17) is 0 Å². The number of carbonyl (C=O) groups excluding carboxylic acids is 3. The highest BCUT2D eigenvalue weighted by Crippen LogP contribution is 2.32. The fourth-order valence-corrected chi connectivity index (χ4v) is 4.06. The number of nitrogens with zero attached hydrogens (tertiary/aromatic N) is 3. The fraction of sp³-hybridized carbons (Fsp3) is 0.824. The predicted octanol–water partition coefficient (Wildman–Crippen LogP) is 0.794. The van der Waals surface area contributed by atoms with Gasteiger partial charge in [-0.05, 0) is 39.2 Å². The van der Waals surface area contributed by atoms with Crippen LogP contribution in [0.1, 0.15) is 45.4 Å². The second-order valence-electron chi connectivity index (χ2n) is 7.35. The number of hydrogen-bond donors (Lipinski definition) is 1. The van der Waals surface area contributed by atoms with Gasteiger partial charge >= 0.3 is 6.03 Å². The molecule has 0 radical (unpaired) electrons. The molecule has 7 nitrogen and oxygen atoms in total. The minimum atomic E-state index is -0.696. The van der Waals surface area contributed by atoms with Gasteiger partial charge in [0.15, 0.2) is 0 Å². The molecule has 3 heterocycles. The Balaban J connectivity index is 1.63. The monoisotopic (exact) mass is 336 g/mol. The van der Waals surface area contributed by atoms with Crippen LogP contribution in [0.4, 0.5) is 4.79 Å². The number of nitrogens with one attached hydrogen (secondary N) is 1. The van der Waals surface area contributed by atoms with E-state index >= 15 is 0 Å². The van der Waals surface area contributed by atoms with Crippen LogP contribution < -0.4 is 5.32 Å². The van der Waals surface area contributed by atoms with E-state index in [9.17, 15) is 14.4 Å². The van der Waals surface area contributed by atoms with Crippen LogP contribution in [0, 0.1) is 0 Å². The highest BCUT2D eigenvalue weighted by Gasteiger charge is 2.54. The quantitative estimate of drug-likeness (QED) is 0.774. The second kappa shape index (κ2) is 6.70. The van der Waals surface area contributed by atoms with Gasteiger partial charge < -0.3 is 15.1 Å². The van der Waals surface area contributed by atoms with Gasteiger partial charge in [-0.25, -0.2) is 4.79 Å². The largest absolute Gasteiger partial charge is 0.343 e. The molecule has 3 rings (SSSR count). The molecule has 1 spiro atoms. The van der Waals surface area contributed by atoms with Crippen molar-refractivity contribution in [2.45, 2.75) is 57.0 Å². The zero-order chi connectivity index (χ0) is 17.3. The maximum Gasteiger partial charge on any atom is 0.325 e. The van der Waals surface area contributed by atoms with Gasteiger partial charge in [0.25, 0.3) is 5.91 Å². The SMILES string of the molecule is CCCC(=O)N1CCC(N2C(=O)NC3(CCN(C)CC3)C2=O)CC1. The molecule has 0 aromatic rings. The Hall–Kier alpha value is -1.63. The van der Waals surface area contributed by atoms with Crippen LogP contribution in [0.2, 0.25) is 0 Å². The van der Waals surface area contributed by atoms with E-state index in [0.717, 1.165) is 19.5 Å². The summed E-state index contributed by atoms with van der Waals surface area (Å²) in [5.41, 5.74) is -0.696. The summed E-state index contributed by atoms with van der Waals surface area (Å²) in [7, 11) is 2.04. The molecule has 0 atom stereocenters. The van der Waals surface area contributed by atoms with Crippen molar-refractivity contribution in [1.29, 1.82) is 0 Å². The molecule has 1 N–H and O–H groups in total. The molecule has 0 saturated carbocycles. The third-order valence-electron chi connectivity index (χ3n) is 5.68. The molecule has 3 aliphatic rings. The van der Waals surface area contributed by atoms with Crippen molar-refractivity contribution in [2.24, 2.45) is 0 Å². The normalized spacial score (nSPS) is 25.4. The summed E-state index contributed by atoms with van der Waals surface area (Å²) in [6, 6.07) is -0.329. The number of imide groups is 1. The zero-order valence-electron chi connectivity index (χ0n) is 14.7. The molecule has 134 valence electrons. The first kappa shape index (κ1) is 17.2. The molecule has 3 aliphatic heterocycles. The minimum Gasteiger partial charge on any atom is -0.343 e. The lowest BCUT2D eigenvalue weighted by molar-refractivity contribution is -0.136. The Kier molecular flexibility index (Phi) is 4.80. The van der Waals surface area contributed by atoms with Crippen LogP contribution in [0.25, 0.3) is 0 Å². The molecule has 3 saturated heterocycles. The predicted molar refractivity (Wildman–Crippen MR) is 89.3 cm³/mol. The van der Waals surface area contributed by atoms with E-state index in [1.54, 1.807) is 0 Å². The summed E-state index contributed by atoms with van der Waals surface area (Å²) in [4.78, 5) is 42.9. The average molecular weight is 336 g/mol. The molecular weight excluding hydrogens is 308 g/mol. The number of rotatable bonds is 3. The molecule has 3 fully saturated rings. The van der Waals surface area contributed by atoms with E-state index < -0.39 is 5.54 Å². The number of hydrogen-bond acceptors (Lipinski definition) is 4. The zero-order valence-corrected chi connectivity index (χ0v) is 14.7. The lowest BCUT2D eigenvalue weighted by atomic mass is 9.87. The summed E-state index contributed by atoms with van der Waals surface area (Å²) >= 11 is 0. The molecule has 0 aromatic heterocycles. The van der Waals surface area contributed by atoms with Gasteiger partial charge in [0.2, 0.25) is 5.91 Å². The molecule has 4 amide bonds. The number of amides is 4. The maximum absolute atomic E-state index is 13.0. The van der Waals surface area contributed by atoms with Crippen molar-refractivity contribution >= 4 is 17.8 Å². The first-order valence-corrected chi connectivity index (χ1v) is 9.09. The first-order chi connectivity index (χ1) is 11.5. The van der Waals surface area contributed by atoms with Crippen LogP contribution >= 0.6 is 0 Å². The van der Waals surface area contributed by atoms with Crippen LogP contribution in [-0.2, 0) is 9.59 Å². The Morgan fingerprint density at radius 1 is 1.17 bits per heavy atom. The molecule has 7 heteroatoms. The topological polar surface area (TPSA) is 73.0 Å². The van der Waals surface area contributed by atoms with Crippen LogP contribution in [0.3, 0.4) is 0 Å². The van der Waals surface area contributed by atoms with E-state index in [0.29, 0.717) is 45.2 Å². The van der Waals surface area contributed by atoms with Gasteiger partial charge in [-0.3, -0.25) is 14.5 Å². The van der Waals surface area contributed by atoms with Crippen molar-refractivity contribution in [3.63, 3.8) is 0 Å². The minimum absolute atomic E-state index is 0.0565.